The predicted octanol–water partition coefficient (Wildman–Crippen LogP) is 4.07. The first-order valence-electron chi connectivity index (χ1n) is 9.06. The van der Waals surface area contributed by atoms with Crippen molar-refractivity contribution in [3.8, 4) is 17.2 Å². The van der Waals surface area contributed by atoms with Gasteiger partial charge < -0.3 is 9.31 Å². The molecule has 0 unspecified atom stereocenters. The summed E-state index contributed by atoms with van der Waals surface area (Å²) in [6.07, 6.45) is 1.80. The number of nitriles is 1. The summed E-state index contributed by atoms with van der Waals surface area (Å²) >= 11 is 0. The van der Waals surface area contributed by atoms with E-state index < -0.39 is 18.3 Å². The van der Waals surface area contributed by atoms with E-state index in [1.807, 2.05) is 76.2 Å². The highest BCUT2D eigenvalue weighted by Gasteiger charge is 2.52. The van der Waals surface area contributed by atoms with E-state index in [1.165, 1.54) is 0 Å². The van der Waals surface area contributed by atoms with E-state index in [0.29, 0.717) is 5.56 Å². The lowest BCUT2D eigenvalue weighted by Gasteiger charge is -2.32. The van der Waals surface area contributed by atoms with Gasteiger partial charge in [-0.05, 0) is 56.9 Å². The van der Waals surface area contributed by atoms with Crippen molar-refractivity contribution in [2.45, 2.75) is 38.9 Å². The summed E-state index contributed by atoms with van der Waals surface area (Å²) in [4.78, 5) is 4.58. The SMILES string of the molecule is CC1(C)OB(c2cc(C#N)ccc2-c2cccc3cccnc23)OC1(C)C. The Hall–Kier alpha value is -2.68. The van der Waals surface area contributed by atoms with E-state index >= 15 is 0 Å². The van der Waals surface area contributed by atoms with Crippen LogP contribution in [0.4, 0.5) is 0 Å². The molecule has 0 saturated carbocycles. The summed E-state index contributed by atoms with van der Waals surface area (Å²) in [5.41, 5.74) is 3.42. The summed E-state index contributed by atoms with van der Waals surface area (Å²) < 4.78 is 12.5. The third-order valence-corrected chi connectivity index (χ3v) is 5.61. The summed E-state index contributed by atoms with van der Waals surface area (Å²) in [6.45, 7) is 8.11. The number of benzene rings is 2. The summed E-state index contributed by atoms with van der Waals surface area (Å²) in [6, 6.07) is 18.0. The van der Waals surface area contributed by atoms with E-state index in [2.05, 4.69) is 11.1 Å². The van der Waals surface area contributed by atoms with Crippen molar-refractivity contribution in [3.05, 3.63) is 60.3 Å². The van der Waals surface area contributed by atoms with Gasteiger partial charge >= 0.3 is 7.12 Å². The fourth-order valence-corrected chi connectivity index (χ4v) is 3.36. The van der Waals surface area contributed by atoms with Crippen LogP contribution in [-0.4, -0.2) is 23.3 Å². The van der Waals surface area contributed by atoms with Crippen molar-refractivity contribution in [3.63, 3.8) is 0 Å². The fourth-order valence-electron chi connectivity index (χ4n) is 3.36. The third-order valence-electron chi connectivity index (χ3n) is 5.61. The minimum Gasteiger partial charge on any atom is -0.399 e. The number of pyridine rings is 1. The molecule has 1 aromatic heterocycles. The molecule has 0 spiro atoms. The van der Waals surface area contributed by atoms with Crippen molar-refractivity contribution < 1.29 is 9.31 Å². The second-order valence-corrected chi connectivity index (χ2v) is 7.88. The second kappa shape index (κ2) is 6.19. The van der Waals surface area contributed by atoms with Crippen LogP contribution >= 0.6 is 0 Å². The lowest BCUT2D eigenvalue weighted by atomic mass is 9.73. The first kappa shape index (κ1) is 17.7. The molecule has 0 N–H and O–H groups in total. The molecule has 0 radical (unpaired) electrons. The second-order valence-electron chi connectivity index (χ2n) is 7.88. The number of rotatable bonds is 2. The number of fused-ring (bicyclic) bond motifs is 1. The van der Waals surface area contributed by atoms with Crippen LogP contribution in [0.2, 0.25) is 0 Å². The van der Waals surface area contributed by atoms with Crippen molar-refractivity contribution in [1.82, 2.24) is 4.98 Å². The van der Waals surface area contributed by atoms with Gasteiger partial charge in [0, 0.05) is 17.1 Å². The molecule has 1 aliphatic rings. The smallest absolute Gasteiger partial charge is 0.399 e. The van der Waals surface area contributed by atoms with Crippen molar-refractivity contribution in [2.75, 3.05) is 0 Å². The molecule has 3 aromatic rings. The zero-order chi connectivity index (χ0) is 19.2. The van der Waals surface area contributed by atoms with Gasteiger partial charge in [-0.25, -0.2) is 0 Å². The van der Waals surface area contributed by atoms with Gasteiger partial charge in [0.2, 0.25) is 0 Å². The first-order chi connectivity index (χ1) is 12.8. The molecule has 1 aliphatic heterocycles. The van der Waals surface area contributed by atoms with Crippen LogP contribution < -0.4 is 5.46 Å². The van der Waals surface area contributed by atoms with Crippen LogP contribution in [0.3, 0.4) is 0 Å². The molecule has 1 fully saturated rings. The largest absolute Gasteiger partial charge is 0.495 e. The summed E-state index contributed by atoms with van der Waals surface area (Å²) in [7, 11) is -0.544. The maximum absolute atomic E-state index is 9.40. The molecule has 2 aromatic carbocycles. The van der Waals surface area contributed by atoms with Crippen LogP contribution in [0.5, 0.6) is 0 Å². The Morgan fingerprint density at radius 1 is 0.926 bits per heavy atom. The maximum Gasteiger partial charge on any atom is 0.495 e. The lowest BCUT2D eigenvalue weighted by Crippen LogP contribution is -2.41. The first-order valence-corrected chi connectivity index (χ1v) is 9.06. The fraction of sp³-hybridized carbons (Fsp3) is 0.273. The number of para-hydroxylation sites is 1. The molecule has 2 heterocycles. The minimum atomic E-state index is -0.544. The maximum atomic E-state index is 9.40. The molecule has 0 atom stereocenters. The van der Waals surface area contributed by atoms with E-state index in [0.717, 1.165) is 27.5 Å². The van der Waals surface area contributed by atoms with Gasteiger partial charge in [0.05, 0.1) is 28.4 Å². The Balaban J connectivity index is 1.92. The van der Waals surface area contributed by atoms with Gasteiger partial charge in [0.25, 0.3) is 0 Å². The normalized spacial score (nSPS) is 17.8. The number of hydrogen-bond donors (Lipinski definition) is 0. The van der Waals surface area contributed by atoms with E-state index in [1.54, 1.807) is 6.20 Å². The van der Waals surface area contributed by atoms with Crippen LogP contribution in [0.15, 0.2) is 54.7 Å². The number of nitrogens with zero attached hydrogens (tertiary/aromatic N) is 2. The summed E-state index contributed by atoms with van der Waals surface area (Å²) in [5, 5.41) is 10.5. The highest BCUT2D eigenvalue weighted by Crippen LogP contribution is 2.38. The molecule has 5 heteroatoms. The van der Waals surface area contributed by atoms with Gasteiger partial charge in [-0.15, -0.1) is 0 Å². The topological polar surface area (TPSA) is 55.1 Å². The average molecular weight is 356 g/mol. The van der Waals surface area contributed by atoms with E-state index in [-0.39, 0.29) is 0 Å². The Kier molecular flexibility index (Phi) is 4.07. The molecule has 4 rings (SSSR count). The molecular weight excluding hydrogens is 335 g/mol. The molecule has 1 saturated heterocycles. The van der Waals surface area contributed by atoms with Gasteiger partial charge in [-0.3, -0.25) is 4.98 Å². The average Bonchev–Trinajstić information content (AvgIpc) is 2.88. The number of hydrogen-bond acceptors (Lipinski definition) is 4. The Morgan fingerprint density at radius 2 is 1.63 bits per heavy atom. The Labute approximate surface area is 159 Å². The number of aromatic nitrogens is 1. The van der Waals surface area contributed by atoms with Crippen molar-refractivity contribution in [2.24, 2.45) is 0 Å². The van der Waals surface area contributed by atoms with Gasteiger partial charge in [0.15, 0.2) is 0 Å². The molecule has 0 bridgehead atoms. The Bertz CT molecular complexity index is 1050. The molecule has 27 heavy (non-hydrogen) atoms. The molecule has 0 amide bonds. The molecule has 0 aliphatic carbocycles. The predicted molar refractivity (Wildman–Crippen MR) is 108 cm³/mol. The van der Waals surface area contributed by atoms with Crippen LogP contribution in [0.1, 0.15) is 33.3 Å². The Morgan fingerprint density at radius 3 is 2.33 bits per heavy atom. The highest BCUT2D eigenvalue weighted by atomic mass is 16.7. The zero-order valence-electron chi connectivity index (χ0n) is 16.0. The standard InChI is InChI=1S/C22H21BN2O2/c1-21(2)22(3,4)27-23(26-21)19-13-15(14-24)10-11-17(19)18-9-5-7-16-8-6-12-25-20(16)18/h5-13H,1-4H3. The van der Waals surface area contributed by atoms with Crippen LogP contribution in [-0.2, 0) is 9.31 Å². The summed E-state index contributed by atoms with van der Waals surface area (Å²) in [5.74, 6) is 0. The quantitative estimate of drug-likeness (QED) is 0.650. The van der Waals surface area contributed by atoms with Crippen LogP contribution in [0.25, 0.3) is 22.0 Å². The zero-order valence-corrected chi connectivity index (χ0v) is 16.0. The minimum absolute atomic E-state index is 0.450. The van der Waals surface area contributed by atoms with Crippen LogP contribution in [0, 0.1) is 11.3 Å². The van der Waals surface area contributed by atoms with Crippen molar-refractivity contribution in [1.29, 1.82) is 5.26 Å². The molecular formula is C22H21BN2O2. The van der Waals surface area contributed by atoms with Gasteiger partial charge in [0.1, 0.15) is 0 Å². The highest BCUT2D eigenvalue weighted by molar-refractivity contribution is 6.64. The molecule has 4 nitrogen and oxygen atoms in total. The monoisotopic (exact) mass is 356 g/mol. The van der Waals surface area contributed by atoms with Gasteiger partial charge in [-0.2, -0.15) is 5.26 Å². The van der Waals surface area contributed by atoms with E-state index in [4.69, 9.17) is 9.31 Å². The molecule has 134 valence electrons. The van der Waals surface area contributed by atoms with E-state index in [9.17, 15) is 5.26 Å². The van der Waals surface area contributed by atoms with Gasteiger partial charge in [-0.1, -0.05) is 30.3 Å². The third kappa shape index (κ3) is 2.91. The van der Waals surface area contributed by atoms with Crippen molar-refractivity contribution >= 4 is 23.5 Å². The lowest BCUT2D eigenvalue weighted by molar-refractivity contribution is 0.00578.